The molecule has 0 aromatic carbocycles. The first-order valence-corrected chi connectivity index (χ1v) is 10.4. The van der Waals surface area contributed by atoms with Crippen molar-refractivity contribution in [3.05, 3.63) is 87.6 Å². The van der Waals surface area contributed by atoms with Gasteiger partial charge in [-0.2, -0.15) is 0 Å². The highest BCUT2D eigenvalue weighted by Crippen LogP contribution is 2.32. The van der Waals surface area contributed by atoms with Crippen molar-refractivity contribution in [3.8, 4) is 0 Å². The van der Waals surface area contributed by atoms with E-state index >= 15 is 0 Å². The topological polar surface area (TPSA) is 241 Å². The second-order valence-electron chi connectivity index (χ2n) is 7.23. The predicted molar refractivity (Wildman–Crippen MR) is 149 cm³/mol. The van der Waals surface area contributed by atoms with Gasteiger partial charge in [0, 0.05) is 42.9 Å². The lowest BCUT2D eigenvalue weighted by Crippen LogP contribution is -2.20. The van der Waals surface area contributed by atoms with Crippen LogP contribution in [0.3, 0.4) is 0 Å². The van der Waals surface area contributed by atoms with Crippen molar-refractivity contribution in [2.24, 2.45) is 5.41 Å². The zero-order valence-electron chi connectivity index (χ0n) is 22.7. The van der Waals surface area contributed by atoms with Gasteiger partial charge in [0.15, 0.2) is 5.78 Å². The van der Waals surface area contributed by atoms with Crippen LogP contribution in [0.25, 0.3) is 0 Å². The van der Waals surface area contributed by atoms with Crippen molar-refractivity contribution in [2.45, 2.75) is 33.6 Å². The SMILES string of the molecule is C=CC(=O)O.C=CC(=O)O.C=CC(=O)O.C=CC(=O)O.C=CC(=O)O.C=CC(=O)O.CC1=CC(=O)CC(C)(C)C1. The minimum absolute atomic E-state index is 0.204. The van der Waals surface area contributed by atoms with Gasteiger partial charge < -0.3 is 30.6 Å². The Morgan fingerprint density at radius 2 is 0.750 bits per heavy atom. The molecule has 0 atom stereocenters. The average Bonchev–Trinajstić information content (AvgIpc) is 2.84. The number of hydrogen-bond donors (Lipinski definition) is 6. The van der Waals surface area contributed by atoms with Gasteiger partial charge in [-0.25, -0.2) is 28.8 Å². The van der Waals surface area contributed by atoms with Crippen LogP contribution in [0.5, 0.6) is 0 Å². The van der Waals surface area contributed by atoms with E-state index < -0.39 is 35.8 Å². The van der Waals surface area contributed by atoms with Crippen LogP contribution in [0.4, 0.5) is 0 Å². The zero-order chi connectivity index (χ0) is 33.5. The predicted octanol–water partition coefficient (Wildman–Crippen LogP) is 3.86. The van der Waals surface area contributed by atoms with Gasteiger partial charge in [-0.15, -0.1) is 0 Å². The highest BCUT2D eigenvalue weighted by Gasteiger charge is 2.25. The van der Waals surface area contributed by atoms with Crippen LogP contribution in [0.1, 0.15) is 33.6 Å². The lowest BCUT2D eigenvalue weighted by molar-refractivity contribution is -0.132. The summed E-state index contributed by atoms with van der Waals surface area (Å²) in [5.74, 6) is -5.60. The van der Waals surface area contributed by atoms with Crippen LogP contribution >= 0.6 is 0 Å². The summed E-state index contributed by atoms with van der Waals surface area (Å²) in [6, 6.07) is 0. The molecular formula is C27H38O13. The summed E-state index contributed by atoms with van der Waals surface area (Å²) in [4.78, 5) is 66.5. The van der Waals surface area contributed by atoms with Gasteiger partial charge >= 0.3 is 35.8 Å². The third-order valence-electron chi connectivity index (χ3n) is 2.87. The number of aliphatic carboxylic acids is 6. The van der Waals surface area contributed by atoms with E-state index in [1.165, 1.54) is 5.57 Å². The number of ketones is 1. The lowest BCUT2D eigenvalue weighted by atomic mass is 9.77. The molecule has 0 radical (unpaired) electrons. The van der Waals surface area contributed by atoms with E-state index in [1.54, 1.807) is 6.08 Å². The Balaban J connectivity index is -0.0000000866. The highest BCUT2D eigenvalue weighted by molar-refractivity contribution is 5.91. The Morgan fingerprint density at radius 1 is 0.575 bits per heavy atom. The third kappa shape index (κ3) is 76.7. The molecule has 13 heteroatoms. The molecule has 0 aromatic heterocycles. The fourth-order valence-electron chi connectivity index (χ4n) is 1.67. The summed E-state index contributed by atoms with van der Waals surface area (Å²) < 4.78 is 0. The Kier molecular flexibility index (Phi) is 37.9. The Hall–Kier alpha value is -5.33. The zero-order valence-corrected chi connectivity index (χ0v) is 22.7. The number of carbonyl (C=O) groups excluding carboxylic acids is 1. The molecule has 224 valence electrons. The molecule has 0 spiro atoms. The highest BCUT2D eigenvalue weighted by atomic mass is 16.4. The molecule has 1 aliphatic carbocycles. The minimum atomic E-state index is -0.981. The standard InChI is InChI=1S/C9H14O.6C3H4O2/c1-7-4-8(10)6-9(2,3)5-7;6*1-2-3(4)5/h4H,5-6H2,1-3H3;6*2H,1H2,(H,4,5). The summed E-state index contributed by atoms with van der Waals surface area (Å²) in [5.41, 5.74) is 1.43. The summed E-state index contributed by atoms with van der Waals surface area (Å²) in [5, 5.41) is 45.6. The molecule has 13 nitrogen and oxygen atoms in total. The molecule has 1 rings (SSSR count). The van der Waals surface area contributed by atoms with E-state index in [-0.39, 0.29) is 11.2 Å². The van der Waals surface area contributed by atoms with Gasteiger partial charge in [-0.1, -0.05) is 58.9 Å². The van der Waals surface area contributed by atoms with E-state index in [4.69, 9.17) is 30.6 Å². The molecule has 0 saturated heterocycles. The smallest absolute Gasteiger partial charge is 0.327 e. The van der Waals surface area contributed by atoms with Crippen LogP contribution in [0.2, 0.25) is 0 Å². The quantitative estimate of drug-likeness (QED) is 0.249. The summed E-state index contributed by atoms with van der Waals surface area (Å²) in [6.07, 6.45) is 8.55. The van der Waals surface area contributed by atoms with E-state index in [0.29, 0.717) is 6.42 Å². The normalized spacial score (nSPS) is 10.9. The molecule has 0 amide bonds. The lowest BCUT2D eigenvalue weighted by Gasteiger charge is -2.27. The molecule has 40 heavy (non-hydrogen) atoms. The number of carboxylic acid groups (broad SMARTS) is 6. The van der Waals surface area contributed by atoms with Crippen molar-refractivity contribution in [1.82, 2.24) is 0 Å². The second-order valence-corrected chi connectivity index (χ2v) is 7.23. The van der Waals surface area contributed by atoms with Gasteiger partial charge in [-0.05, 0) is 24.8 Å². The molecule has 1 aliphatic rings. The molecule has 0 aromatic rings. The number of rotatable bonds is 6. The van der Waals surface area contributed by atoms with Gasteiger partial charge in [0.2, 0.25) is 0 Å². The largest absolute Gasteiger partial charge is 0.478 e. The average molecular weight is 571 g/mol. The van der Waals surface area contributed by atoms with Crippen LogP contribution < -0.4 is 0 Å². The Morgan fingerprint density at radius 3 is 0.850 bits per heavy atom. The first-order valence-electron chi connectivity index (χ1n) is 10.4. The molecule has 0 aliphatic heterocycles. The van der Waals surface area contributed by atoms with Gasteiger partial charge in [0.25, 0.3) is 0 Å². The summed E-state index contributed by atoms with van der Waals surface area (Å²) in [6.45, 7) is 24.1. The molecule has 0 unspecified atom stereocenters. The summed E-state index contributed by atoms with van der Waals surface area (Å²) in [7, 11) is 0. The molecule has 0 heterocycles. The maximum atomic E-state index is 11.0. The monoisotopic (exact) mass is 570 g/mol. The van der Waals surface area contributed by atoms with Gasteiger partial charge in [-0.3, -0.25) is 4.79 Å². The van der Waals surface area contributed by atoms with Crippen molar-refractivity contribution >= 4 is 41.6 Å². The van der Waals surface area contributed by atoms with E-state index in [0.717, 1.165) is 42.9 Å². The molecular weight excluding hydrogens is 532 g/mol. The van der Waals surface area contributed by atoms with Crippen LogP contribution in [-0.4, -0.2) is 72.2 Å². The number of carbonyl (C=O) groups is 7. The maximum absolute atomic E-state index is 11.0. The van der Waals surface area contributed by atoms with E-state index in [1.807, 2.05) is 6.92 Å². The van der Waals surface area contributed by atoms with Crippen molar-refractivity contribution < 1.29 is 64.2 Å². The summed E-state index contributed by atoms with van der Waals surface area (Å²) >= 11 is 0. The number of carboxylic acids is 6. The van der Waals surface area contributed by atoms with Crippen LogP contribution in [0, 0.1) is 5.41 Å². The number of allylic oxidation sites excluding steroid dienone is 2. The molecule has 0 bridgehead atoms. The molecule has 0 fully saturated rings. The van der Waals surface area contributed by atoms with Crippen molar-refractivity contribution in [2.75, 3.05) is 0 Å². The van der Waals surface area contributed by atoms with E-state index in [2.05, 4.69) is 53.3 Å². The molecule has 0 saturated carbocycles. The van der Waals surface area contributed by atoms with E-state index in [9.17, 15) is 33.6 Å². The van der Waals surface area contributed by atoms with Crippen LogP contribution in [-0.2, 0) is 33.6 Å². The Labute approximate surface area is 232 Å². The van der Waals surface area contributed by atoms with Crippen LogP contribution in [0.15, 0.2) is 87.6 Å². The first-order chi connectivity index (χ1) is 18.1. The maximum Gasteiger partial charge on any atom is 0.327 e. The van der Waals surface area contributed by atoms with Gasteiger partial charge in [0.05, 0.1) is 0 Å². The fraction of sp³-hybridized carbons (Fsp3) is 0.222. The van der Waals surface area contributed by atoms with Crippen molar-refractivity contribution in [3.63, 3.8) is 0 Å². The third-order valence-corrected chi connectivity index (χ3v) is 2.87. The van der Waals surface area contributed by atoms with Crippen molar-refractivity contribution in [1.29, 1.82) is 0 Å². The first kappa shape index (κ1) is 47.8. The van der Waals surface area contributed by atoms with Gasteiger partial charge in [0.1, 0.15) is 0 Å². The Bertz CT molecular complexity index is 796. The molecule has 6 N–H and O–H groups in total. The fourth-order valence-corrected chi connectivity index (χ4v) is 1.67. The number of hydrogen-bond acceptors (Lipinski definition) is 7. The second kappa shape index (κ2) is 31.7. The minimum Gasteiger partial charge on any atom is -0.478 e.